The number of rotatable bonds is 5. The summed E-state index contributed by atoms with van der Waals surface area (Å²) in [6, 6.07) is 1.13. The van der Waals surface area contributed by atoms with Crippen LogP contribution < -0.4 is 0 Å². The second-order valence-electron chi connectivity index (χ2n) is 4.58. The number of fused-ring (bicyclic) bond motifs is 2. The Bertz CT molecular complexity index is 186. The molecule has 4 heteroatoms. The summed E-state index contributed by atoms with van der Waals surface area (Å²) in [7, 11) is 0. The van der Waals surface area contributed by atoms with Crippen molar-refractivity contribution in [2.24, 2.45) is 0 Å². The highest BCUT2D eigenvalue weighted by atomic mass is 16.5. The van der Waals surface area contributed by atoms with E-state index in [0.717, 1.165) is 19.4 Å². The van der Waals surface area contributed by atoms with Gasteiger partial charge in [0.25, 0.3) is 0 Å². The van der Waals surface area contributed by atoms with Crippen LogP contribution in [-0.4, -0.2) is 59.7 Å². The van der Waals surface area contributed by atoms with Gasteiger partial charge in [-0.05, 0) is 25.7 Å². The molecule has 2 unspecified atom stereocenters. The van der Waals surface area contributed by atoms with Crippen LogP contribution in [-0.2, 0) is 4.74 Å². The van der Waals surface area contributed by atoms with E-state index >= 15 is 0 Å². The van der Waals surface area contributed by atoms with Crippen molar-refractivity contribution in [2.45, 2.75) is 43.9 Å². The van der Waals surface area contributed by atoms with Gasteiger partial charge in [-0.25, -0.2) is 0 Å². The number of aliphatic hydroxyl groups excluding tert-OH is 2. The maximum absolute atomic E-state index is 9.63. The van der Waals surface area contributed by atoms with E-state index in [9.17, 15) is 5.11 Å². The minimum atomic E-state index is -0.0860. The summed E-state index contributed by atoms with van der Waals surface area (Å²) in [6.45, 7) is 2.18. The molecule has 0 aliphatic carbocycles. The lowest BCUT2D eigenvalue weighted by Crippen LogP contribution is -2.46. The Balaban J connectivity index is 1.74. The van der Waals surface area contributed by atoms with Gasteiger partial charge in [0.1, 0.15) is 0 Å². The number of aliphatic hydroxyl groups is 2. The first-order chi connectivity index (χ1) is 7.31. The van der Waals surface area contributed by atoms with Gasteiger partial charge in [0, 0.05) is 18.6 Å². The van der Waals surface area contributed by atoms with Crippen molar-refractivity contribution in [3.05, 3.63) is 0 Å². The topological polar surface area (TPSA) is 52.9 Å². The van der Waals surface area contributed by atoms with E-state index in [1.54, 1.807) is 0 Å². The summed E-state index contributed by atoms with van der Waals surface area (Å²) < 4.78 is 5.28. The molecular weight excluding hydrogens is 194 g/mol. The molecule has 2 heterocycles. The van der Waals surface area contributed by atoms with Crippen molar-refractivity contribution < 1.29 is 14.9 Å². The highest BCUT2D eigenvalue weighted by molar-refractivity contribution is 4.94. The first-order valence-electron chi connectivity index (χ1n) is 5.93. The van der Waals surface area contributed by atoms with Gasteiger partial charge in [-0.3, -0.25) is 4.90 Å². The van der Waals surface area contributed by atoms with Gasteiger partial charge in [0.2, 0.25) is 0 Å². The van der Waals surface area contributed by atoms with E-state index in [0.29, 0.717) is 25.3 Å². The second-order valence-corrected chi connectivity index (χ2v) is 4.58. The van der Waals surface area contributed by atoms with Crippen LogP contribution in [0.1, 0.15) is 25.7 Å². The summed E-state index contributed by atoms with van der Waals surface area (Å²) >= 11 is 0. The smallest absolute Gasteiger partial charge is 0.0698 e. The van der Waals surface area contributed by atoms with Gasteiger partial charge in [-0.15, -0.1) is 0 Å². The van der Waals surface area contributed by atoms with Crippen LogP contribution in [0.2, 0.25) is 0 Å². The molecule has 0 aromatic carbocycles. The average molecular weight is 215 g/mol. The summed E-state index contributed by atoms with van der Waals surface area (Å²) in [5.41, 5.74) is 0. The van der Waals surface area contributed by atoms with Crippen LogP contribution in [0.15, 0.2) is 0 Å². The fraction of sp³-hybridized carbons (Fsp3) is 1.00. The molecule has 2 bridgehead atoms. The fourth-order valence-corrected chi connectivity index (χ4v) is 2.95. The van der Waals surface area contributed by atoms with Gasteiger partial charge in [-0.2, -0.15) is 0 Å². The lowest BCUT2D eigenvalue weighted by atomic mass is 10.0. The molecule has 2 rings (SSSR count). The third-order valence-electron chi connectivity index (χ3n) is 3.59. The van der Waals surface area contributed by atoms with Crippen LogP contribution in [0.4, 0.5) is 0 Å². The van der Waals surface area contributed by atoms with Crippen LogP contribution in [0, 0.1) is 0 Å². The number of hydrogen-bond acceptors (Lipinski definition) is 4. The summed E-state index contributed by atoms with van der Waals surface area (Å²) in [4.78, 5) is 2.48. The molecule has 15 heavy (non-hydrogen) atoms. The SMILES string of the molecule is OCCOCCN1C2CCC1CC(O)C2. The Labute approximate surface area is 90.8 Å². The molecule has 2 atom stereocenters. The summed E-state index contributed by atoms with van der Waals surface area (Å²) in [5.74, 6) is 0. The molecule has 2 aliphatic rings. The van der Waals surface area contributed by atoms with E-state index in [-0.39, 0.29) is 12.7 Å². The molecule has 88 valence electrons. The molecule has 2 fully saturated rings. The Kier molecular flexibility index (Phi) is 3.97. The molecular formula is C11H21NO3. The van der Waals surface area contributed by atoms with Crippen LogP contribution >= 0.6 is 0 Å². The van der Waals surface area contributed by atoms with E-state index in [1.165, 1.54) is 12.8 Å². The monoisotopic (exact) mass is 215 g/mol. The molecule has 2 saturated heterocycles. The molecule has 0 aromatic heterocycles. The highest BCUT2D eigenvalue weighted by Gasteiger charge is 2.39. The van der Waals surface area contributed by atoms with Crippen LogP contribution in [0.25, 0.3) is 0 Å². The maximum Gasteiger partial charge on any atom is 0.0698 e. The first kappa shape index (κ1) is 11.3. The lowest BCUT2D eigenvalue weighted by Gasteiger charge is -2.36. The van der Waals surface area contributed by atoms with Gasteiger partial charge in [0.15, 0.2) is 0 Å². The molecule has 0 radical (unpaired) electrons. The third-order valence-corrected chi connectivity index (χ3v) is 3.59. The zero-order valence-electron chi connectivity index (χ0n) is 9.14. The Morgan fingerprint density at radius 1 is 1.13 bits per heavy atom. The molecule has 4 nitrogen and oxygen atoms in total. The normalized spacial score (nSPS) is 36.0. The number of ether oxygens (including phenoxy) is 1. The standard InChI is InChI=1S/C11H21NO3/c13-4-6-15-5-3-12-9-1-2-10(12)8-11(14)7-9/h9-11,13-14H,1-8H2. The van der Waals surface area contributed by atoms with E-state index in [4.69, 9.17) is 9.84 Å². The molecule has 0 amide bonds. The Hall–Kier alpha value is -0.160. The molecule has 2 aliphatic heterocycles. The van der Waals surface area contributed by atoms with Gasteiger partial charge >= 0.3 is 0 Å². The second kappa shape index (κ2) is 5.25. The molecule has 0 saturated carbocycles. The first-order valence-corrected chi connectivity index (χ1v) is 5.93. The number of hydrogen-bond donors (Lipinski definition) is 2. The number of nitrogens with zero attached hydrogens (tertiary/aromatic N) is 1. The van der Waals surface area contributed by atoms with Crippen molar-refractivity contribution in [1.29, 1.82) is 0 Å². The van der Waals surface area contributed by atoms with E-state index in [1.807, 2.05) is 0 Å². The van der Waals surface area contributed by atoms with Gasteiger partial charge < -0.3 is 14.9 Å². The van der Waals surface area contributed by atoms with Crippen molar-refractivity contribution in [3.63, 3.8) is 0 Å². The summed E-state index contributed by atoms with van der Waals surface area (Å²) in [6.07, 6.45) is 4.22. The van der Waals surface area contributed by atoms with Crippen LogP contribution in [0.3, 0.4) is 0 Å². The average Bonchev–Trinajstić information content (AvgIpc) is 2.46. The van der Waals surface area contributed by atoms with Crippen molar-refractivity contribution in [3.8, 4) is 0 Å². The Morgan fingerprint density at radius 2 is 1.80 bits per heavy atom. The predicted molar refractivity (Wildman–Crippen MR) is 56.7 cm³/mol. The van der Waals surface area contributed by atoms with Crippen molar-refractivity contribution in [2.75, 3.05) is 26.4 Å². The van der Waals surface area contributed by atoms with Crippen molar-refractivity contribution in [1.82, 2.24) is 4.90 Å². The van der Waals surface area contributed by atoms with Crippen LogP contribution in [0.5, 0.6) is 0 Å². The lowest BCUT2D eigenvalue weighted by molar-refractivity contribution is 0.0107. The quantitative estimate of drug-likeness (QED) is 0.633. The fourth-order valence-electron chi connectivity index (χ4n) is 2.95. The zero-order chi connectivity index (χ0) is 10.7. The predicted octanol–water partition coefficient (Wildman–Crippen LogP) is -0.0170. The molecule has 2 N–H and O–H groups in total. The summed E-state index contributed by atoms with van der Waals surface area (Å²) in [5, 5.41) is 18.2. The van der Waals surface area contributed by atoms with E-state index < -0.39 is 0 Å². The zero-order valence-corrected chi connectivity index (χ0v) is 9.14. The number of piperidine rings is 1. The highest BCUT2D eigenvalue weighted by Crippen LogP contribution is 2.35. The van der Waals surface area contributed by atoms with Gasteiger partial charge in [0.05, 0.1) is 25.9 Å². The Morgan fingerprint density at radius 3 is 2.40 bits per heavy atom. The minimum absolute atomic E-state index is 0.0860. The largest absolute Gasteiger partial charge is 0.394 e. The molecule has 0 spiro atoms. The van der Waals surface area contributed by atoms with E-state index in [2.05, 4.69) is 4.90 Å². The third kappa shape index (κ3) is 2.69. The maximum atomic E-state index is 9.63. The minimum Gasteiger partial charge on any atom is -0.394 e. The van der Waals surface area contributed by atoms with Gasteiger partial charge in [-0.1, -0.05) is 0 Å². The van der Waals surface area contributed by atoms with Crippen molar-refractivity contribution >= 4 is 0 Å². The molecule has 0 aromatic rings.